The van der Waals surface area contributed by atoms with E-state index in [0.29, 0.717) is 5.75 Å². The van der Waals surface area contributed by atoms with Gasteiger partial charge in [0.15, 0.2) is 11.9 Å². The fourth-order valence-electron chi connectivity index (χ4n) is 2.50. The van der Waals surface area contributed by atoms with Crippen molar-refractivity contribution in [1.82, 2.24) is 0 Å². The van der Waals surface area contributed by atoms with Crippen molar-refractivity contribution in [3.05, 3.63) is 53.9 Å². The lowest BCUT2D eigenvalue weighted by Gasteiger charge is -2.03. The highest BCUT2D eigenvalue weighted by molar-refractivity contribution is 5.98. The maximum absolute atomic E-state index is 10.0. The summed E-state index contributed by atoms with van der Waals surface area (Å²) in [6.07, 6.45) is 3.81. The number of aryl methyl sites for hydroxylation is 2. The van der Waals surface area contributed by atoms with Crippen molar-refractivity contribution in [2.75, 3.05) is 0 Å². The predicted octanol–water partition coefficient (Wildman–Crippen LogP) is -0.0951. The van der Waals surface area contributed by atoms with Gasteiger partial charge in [0.1, 0.15) is 0 Å². The number of halogens is 1. The Bertz CT molecular complexity index is 737. The first-order chi connectivity index (χ1) is 8.16. The van der Waals surface area contributed by atoms with E-state index in [1.807, 2.05) is 34.9 Å². The third-order valence-electron chi connectivity index (χ3n) is 3.14. The fraction of sp³-hybridized carbons (Fsp3) is 0.133. The smallest absolute Gasteiger partial charge is 0.221 e. The van der Waals surface area contributed by atoms with Gasteiger partial charge in [0.25, 0.3) is 0 Å². The number of aromatic hydroxyl groups is 1. The fourth-order valence-corrected chi connectivity index (χ4v) is 2.50. The number of aromatic nitrogens is 1. The van der Waals surface area contributed by atoms with Crippen LogP contribution in [0, 0.1) is 13.8 Å². The normalized spacial score (nSPS) is 10.6. The number of fused-ring (bicyclic) bond motifs is 3. The molecule has 0 bridgehead atoms. The van der Waals surface area contributed by atoms with E-state index < -0.39 is 0 Å². The highest BCUT2D eigenvalue weighted by Crippen LogP contribution is 2.26. The van der Waals surface area contributed by atoms with Crippen molar-refractivity contribution in [2.24, 2.45) is 0 Å². The Hall–Kier alpha value is -1.61. The Morgan fingerprint density at radius 1 is 1.00 bits per heavy atom. The molecular formula is C15H14BrNO. The summed E-state index contributed by atoms with van der Waals surface area (Å²) in [4.78, 5) is 0. The minimum absolute atomic E-state index is 0. The van der Waals surface area contributed by atoms with E-state index in [1.165, 1.54) is 11.1 Å². The van der Waals surface area contributed by atoms with Crippen molar-refractivity contribution in [3.63, 3.8) is 0 Å². The first kappa shape index (κ1) is 12.8. The first-order valence-corrected chi connectivity index (χ1v) is 5.70. The van der Waals surface area contributed by atoms with Crippen LogP contribution in [0.5, 0.6) is 5.75 Å². The van der Waals surface area contributed by atoms with E-state index in [9.17, 15) is 5.11 Å². The summed E-state index contributed by atoms with van der Waals surface area (Å²) in [6, 6.07) is 10.1. The molecule has 0 spiro atoms. The molecule has 0 atom stereocenters. The van der Waals surface area contributed by atoms with Crippen LogP contribution in [-0.4, -0.2) is 5.11 Å². The molecule has 0 saturated carbocycles. The maximum atomic E-state index is 10.0. The molecule has 0 unspecified atom stereocenters. The molecule has 18 heavy (non-hydrogen) atoms. The quantitative estimate of drug-likeness (QED) is 0.455. The van der Waals surface area contributed by atoms with Crippen LogP contribution in [0.1, 0.15) is 11.1 Å². The van der Waals surface area contributed by atoms with Crippen molar-refractivity contribution >= 4 is 16.3 Å². The summed E-state index contributed by atoms with van der Waals surface area (Å²) in [5.41, 5.74) is 3.57. The summed E-state index contributed by atoms with van der Waals surface area (Å²) in [7, 11) is 0. The first-order valence-electron chi connectivity index (χ1n) is 5.70. The van der Waals surface area contributed by atoms with E-state index in [-0.39, 0.29) is 17.0 Å². The average molecular weight is 304 g/mol. The van der Waals surface area contributed by atoms with Crippen LogP contribution in [-0.2, 0) is 0 Å². The molecule has 2 nitrogen and oxygen atoms in total. The van der Waals surface area contributed by atoms with Gasteiger partial charge >= 0.3 is 0 Å². The maximum Gasteiger partial charge on any atom is 0.221 e. The standard InChI is InChI=1S/C15H13NO.BrH/c1-10-7-11(2)15-13-6-4-3-5-12(13)14(17)9-16(15)8-10;/h3-9H,1-2H3;1H. The van der Waals surface area contributed by atoms with Gasteiger partial charge in [-0.1, -0.05) is 18.2 Å². The van der Waals surface area contributed by atoms with Gasteiger partial charge in [-0.05, 0) is 26.0 Å². The zero-order valence-electron chi connectivity index (χ0n) is 10.3. The number of hydrogen-bond acceptors (Lipinski definition) is 1. The largest absolute Gasteiger partial charge is 1.00 e. The molecule has 2 aromatic heterocycles. The van der Waals surface area contributed by atoms with Crippen molar-refractivity contribution < 1.29 is 26.5 Å². The highest BCUT2D eigenvalue weighted by atomic mass is 79.9. The van der Waals surface area contributed by atoms with Gasteiger partial charge < -0.3 is 22.1 Å². The van der Waals surface area contributed by atoms with Gasteiger partial charge in [-0.15, -0.1) is 0 Å². The summed E-state index contributed by atoms with van der Waals surface area (Å²) in [5.74, 6) is 0.322. The molecule has 0 saturated heterocycles. The van der Waals surface area contributed by atoms with Crippen molar-refractivity contribution in [2.45, 2.75) is 13.8 Å². The van der Waals surface area contributed by atoms with Gasteiger partial charge in [0, 0.05) is 16.5 Å². The van der Waals surface area contributed by atoms with E-state index in [2.05, 4.69) is 19.9 Å². The second kappa shape index (κ2) is 4.58. The van der Waals surface area contributed by atoms with Crippen molar-refractivity contribution in [1.29, 1.82) is 0 Å². The molecule has 2 heterocycles. The molecule has 1 aromatic carbocycles. The topological polar surface area (TPSA) is 24.3 Å². The lowest BCUT2D eigenvalue weighted by molar-refractivity contribution is -0.512. The Kier molecular flexibility index (Phi) is 3.26. The van der Waals surface area contributed by atoms with E-state index in [1.54, 1.807) is 6.20 Å². The molecule has 3 heteroatoms. The number of benzene rings is 1. The third kappa shape index (κ3) is 1.85. The zero-order chi connectivity index (χ0) is 12.0. The molecule has 0 fully saturated rings. The molecule has 0 radical (unpaired) electrons. The van der Waals surface area contributed by atoms with E-state index >= 15 is 0 Å². The second-order valence-corrected chi connectivity index (χ2v) is 4.52. The molecule has 3 rings (SSSR count). The second-order valence-electron chi connectivity index (χ2n) is 4.52. The van der Waals surface area contributed by atoms with Crippen LogP contribution in [0.15, 0.2) is 42.7 Å². The average Bonchev–Trinajstić information content (AvgIpc) is 2.28. The van der Waals surface area contributed by atoms with Crippen LogP contribution in [0.4, 0.5) is 0 Å². The van der Waals surface area contributed by atoms with Crippen LogP contribution in [0.3, 0.4) is 0 Å². The molecule has 1 N–H and O–H groups in total. The van der Waals surface area contributed by atoms with Crippen LogP contribution in [0.25, 0.3) is 16.3 Å². The van der Waals surface area contributed by atoms with Gasteiger partial charge in [-0.25, -0.2) is 0 Å². The van der Waals surface area contributed by atoms with Gasteiger partial charge in [0.2, 0.25) is 11.7 Å². The zero-order valence-corrected chi connectivity index (χ0v) is 11.9. The molecule has 92 valence electrons. The molecule has 3 aromatic rings. The van der Waals surface area contributed by atoms with Crippen molar-refractivity contribution in [3.8, 4) is 5.75 Å². The Morgan fingerprint density at radius 3 is 2.39 bits per heavy atom. The lowest BCUT2D eigenvalue weighted by atomic mass is 10.1. The molecule has 0 amide bonds. The van der Waals surface area contributed by atoms with Gasteiger partial charge in [-0.2, -0.15) is 4.40 Å². The minimum atomic E-state index is 0. The molecule has 0 aliphatic rings. The summed E-state index contributed by atoms with van der Waals surface area (Å²) in [5, 5.41) is 12.0. The molecule has 0 aliphatic carbocycles. The van der Waals surface area contributed by atoms with Crippen LogP contribution >= 0.6 is 0 Å². The Morgan fingerprint density at radius 2 is 1.67 bits per heavy atom. The predicted molar refractivity (Wildman–Crippen MR) is 68.2 cm³/mol. The molecular weight excluding hydrogens is 290 g/mol. The highest BCUT2D eigenvalue weighted by Gasteiger charge is 2.14. The summed E-state index contributed by atoms with van der Waals surface area (Å²) in [6.45, 7) is 4.16. The van der Waals surface area contributed by atoms with E-state index in [0.717, 1.165) is 16.3 Å². The number of pyridine rings is 2. The molecule has 0 aliphatic heterocycles. The van der Waals surface area contributed by atoms with Crippen LogP contribution in [0.2, 0.25) is 0 Å². The van der Waals surface area contributed by atoms with E-state index in [4.69, 9.17) is 0 Å². The summed E-state index contributed by atoms with van der Waals surface area (Å²) < 4.78 is 2.00. The Labute approximate surface area is 116 Å². The number of nitrogens with zero attached hydrogens (tertiary/aromatic N) is 1. The van der Waals surface area contributed by atoms with Gasteiger partial charge in [-0.3, -0.25) is 0 Å². The summed E-state index contributed by atoms with van der Waals surface area (Å²) >= 11 is 0. The number of hydrogen-bond donors (Lipinski definition) is 1. The number of rotatable bonds is 0. The van der Waals surface area contributed by atoms with Gasteiger partial charge in [0.05, 0.1) is 5.39 Å². The monoisotopic (exact) mass is 303 g/mol. The SMILES string of the molecule is Cc1cc(C)c2c3ccccc3c(O)c[n+]2c1.[Br-]. The Balaban J connectivity index is 0.00000120. The lowest BCUT2D eigenvalue weighted by Crippen LogP contribution is -3.00. The third-order valence-corrected chi connectivity index (χ3v) is 3.14. The minimum Gasteiger partial charge on any atom is -1.00 e. The van der Waals surface area contributed by atoms with Crippen LogP contribution < -0.4 is 21.4 Å².